The van der Waals surface area contributed by atoms with Crippen LogP contribution in [0.25, 0.3) is 0 Å². The van der Waals surface area contributed by atoms with Gasteiger partial charge in [-0.1, -0.05) is 6.07 Å². The Hall–Kier alpha value is -1.62. The van der Waals surface area contributed by atoms with E-state index in [0.717, 1.165) is 51.1 Å². The van der Waals surface area contributed by atoms with Gasteiger partial charge in [0.25, 0.3) is 0 Å². The van der Waals surface area contributed by atoms with E-state index in [2.05, 4.69) is 33.8 Å². The van der Waals surface area contributed by atoms with Gasteiger partial charge < -0.3 is 15.5 Å². The summed E-state index contributed by atoms with van der Waals surface area (Å²) in [4.78, 5) is 21.7. The summed E-state index contributed by atoms with van der Waals surface area (Å²) >= 11 is 0. The van der Waals surface area contributed by atoms with Crippen molar-refractivity contribution in [2.45, 2.75) is 51.6 Å². The number of hydrogen-bond donors (Lipinski definition) is 1. The summed E-state index contributed by atoms with van der Waals surface area (Å²) in [6.07, 6.45) is 5.61. The zero-order valence-electron chi connectivity index (χ0n) is 14.2. The molecule has 1 aromatic heterocycles. The Bertz CT molecular complexity index is 536. The van der Waals surface area contributed by atoms with Crippen LogP contribution in [0.5, 0.6) is 0 Å². The molecule has 2 aliphatic heterocycles. The van der Waals surface area contributed by atoms with E-state index in [9.17, 15) is 4.79 Å². The molecule has 0 spiro atoms. The minimum Gasteiger partial charge on any atom is -0.357 e. The van der Waals surface area contributed by atoms with Crippen LogP contribution < -0.4 is 10.6 Å². The van der Waals surface area contributed by atoms with Crippen molar-refractivity contribution in [3.63, 3.8) is 0 Å². The molecule has 3 heterocycles. The molecular formula is C18H28N4O. The molecule has 3 rings (SSSR count). The fourth-order valence-corrected chi connectivity index (χ4v) is 3.77. The second-order valence-electron chi connectivity index (χ2n) is 7.12. The first-order chi connectivity index (χ1) is 11.0. The molecular weight excluding hydrogens is 288 g/mol. The van der Waals surface area contributed by atoms with Crippen molar-refractivity contribution in [2.24, 2.45) is 11.7 Å². The number of nitrogens with two attached hydrogens (primary N) is 1. The molecule has 0 saturated carbocycles. The number of carbonyl (C=O) groups is 1. The standard InChI is InChI=1S/C18H28N4O/c1-13-3-4-17(20-12-13)21-8-5-15(6-9-21)18(23)22-10-7-16(19)11-14(22)2/h3-4,12,14-16H,5-11,19H2,1-2H3/t14-,16+/m1/s1. The largest absolute Gasteiger partial charge is 0.357 e. The number of nitrogens with zero attached hydrogens (tertiary/aromatic N) is 3. The number of piperidine rings is 2. The number of aryl methyl sites for hydroxylation is 1. The third-order valence-electron chi connectivity index (χ3n) is 5.26. The number of likely N-dealkylation sites (tertiary alicyclic amines) is 1. The molecule has 0 aromatic carbocycles. The third-order valence-corrected chi connectivity index (χ3v) is 5.26. The van der Waals surface area contributed by atoms with Gasteiger partial charge >= 0.3 is 0 Å². The first-order valence-electron chi connectivity index (χ1n) is 8.78. The molecule has 23 heavy (non-hydrogen) atoms. The van der Waals surface area contributed by atoms with Gasteiger partial charge in [0.2, 0.25) is 5.91 Å². The molecule has 1 amide bonds. The van der Waals surface area contributed by atoms with Crippen LogP contribution in [0.2, 0.25) is 0 Å². The molecule has 5 nitrogen and oxygen atoms in total. The van der Waals surface area contributed by atoms with Crippen LogP contribution >= 0.6 is 0 Å². The van der Waals surface area contributed by atoms with Crippen LogP contribution in [0.1, 0.15) is 38.2 Å². The molecule has 0 bridgehead atoms. The lowest BCUT2D eigenvalue weighted by Gasteiger charge is -2.40. The highest BCUT2D eigenvalue weighted by Crippen LogP contribution is 2.26. The van der Waals surface area contributed by atoms with Crippen LogP contribution in [0.15, 0.2) is 18.3 Å². The predicted molar refractivity (Wildman–Crippen MR) is 92.3 cm³/mol. The highest BCUT2D eigenvalue weighted by molar-refractivity contribution is 5.79. The Kier molecular flexibility index (Phi) is 4.85. The van der Waals surface area contributed by atoms with Gasteiger partial charge in [0.15, 0.2) is 0 Å². The van der Waals surface area contributed by atoms with Crippen LogP contribution in [0.4, 0.5) is 5.82 Å². The fraction of sp³-hybridized carbons (Fsp3) is 0.667. The minimum atomic E-state index is 0.161. The molecule has 0 radical (unpaired) electrons. The zero-order chi connectivity index (χ0) is 16.4. The van der Waals surface area contributed by atoms with E-state index in [-0.39, 0.29) is 18.0 Å². The molecule has 2 atom stereocenters. The molecule has 0 aliphatic carbocycles. The van der Waals surface area contributed by atoms with Crippen molar-refractivity contribution in [2.75, 3.05) is 24.5 Å². The molecule has 126 valence electrons. The van der Waals surface area contributed by atoms with Crippen LogP contribution in [0, 0.1) is 12.8 Å². The Morgan fingerprint density at radius 3 is 2.57 bits per heavy atom. The zero-order valence-corrected chi connectivity index (χ0v) is 14.2. The summed E-state index contributed by atoms with van der Waals surface area (Å²) in [5.41, 5.74) is 7.18. The summed E-state index contributed by atoms with van der Waals surface area (Å²) < 4.78 is 0. The lowest BCUT2D eigenvalue weighted by Crippen LogP contribution is -2.51. The minimum absolute atomic E-state index is 0.161. The average Bonchev–Trinajstić information content (AvgIpc) is 2.55. The summed E-state index contributed by atoms with van der Waals surface area (Å²) in [6, 6.07) is 4.70. The molecule has 2 N–H and O–H groups in total. The molecule has 2 fully saturated rings. The monoisotopic (exact) mass is 316 g/mol. The van der Waals surface area contributed by atoms with Crippen molar-refractivity contribution in [3.8, 4) is 0 Å². The molecule has 0 unspecified atom stereocenters. The quantitative estimate of drug-likeness (QED) is 0.906. The van der Waals surface area contributed by atoms with Gasteiger partial charge in [-0.25, -0.2) is 4.98 Å². The average molecular weight is 316 g/mol. The van der Waals surface area contributed by atoms with Crippen molar-refractivity contribution < 1.29 is 4.79 Å². The van der Waals surface area contributed by atoms with E-state index in [0.29, 0.717) is 5.91 Å². The summed E-state index contributed by atoms with van der Waals surface area (Å²) in [6.45, 7) is 6.82. The van der Waals surface area contributed by atoms with Crippen molar-refractivity contribution in [1.29, 1.82) is 0 Å². The number of amides is 1. The third kappa shape index (κ3) is 3.66. The van der Waals surface area contributed by atoms with E-state index in [1.807, 2.05) is 13.1 Å². The maximum atomic E-state index is 12.8. The summed E-state index contributed by atoms with van der Waals surface area (Å²) in [7, 11) is 0. The van der Waals surface area contributed by atoms with Crippen LogP contribution in [-0.4, -0.2) is 47.5 Å². The van der Waals surface area contributed by atoms with Crippen molar-refractivity contribution >= 4 is 11.7 Å². The second-order valence-corrected chi connectivity index (χ2v) is 7.12. The number of anilines is 1. The smallest absolute Gasteiger partial charge is 0.226 e. The second kappa shape index (κ2) is 6.87. The van der Waals surface area contributed by atoms with Gasteiger partial charge in [0, 0.05) is 43.8 Å². The Morgan fingerprint density at radius 2 is 1.96 bits per heavy atom. The van der Waals surface area contributed by atoms with Gasteiger partial charge in [-0.15, -0.1) is 0 Å². The van der Waals surface area contributed by atoms with E-state index >= 15 is 0 Å². The summed E-state index contributed by atoms with van der Waals surface area (Å²) in [5, 5.41) is 0. The van der Waals surface area contributed by atoms with E-state index in [4.69, 9.17) is 5.73 Å². The van der Waals surface area contributed by atoms with Crippen molar-refractivity contribution in [1.82, 2.24) is 9.88 Å². The van der Waals surface area contributed by atoms with Crippen LogP contribution in [-0.2, 0) is 4.79 Å². The van der Waals surface area contributed by atoms with Gasteiger partial charge in [-0.3, -0.25) is 4.79 Å². The topological polar surface area (TPSA) is 62.5 Å². The van der Waals surface area contributed by atoms with Gasteiger partial charge in [0.1, 0.15) is 5.82 Å². The van der Waals surface area contributed by atoms with Crippen LogP contribution in [0.3, 0.4) is 0 Å². The van der Waals surface area contributed by atoms with Gasteiger partial charge in [0.05, 0.1) is 0 Å². The maximum Gasteiger partial charge on any atom is 0.226 e. The highest BCUT2D eigenvalue weighted by Gasteiger charge is 2.33. The highest BCUT2D eigenvalue weighted by atomic mass is 16.2. The number of rotatable bonds is 2. The lowest BCUT2D eigenvalue weighted by atomic mass is 9.92. The van der Waals surface area contributed by atoms with Crippen molar-refractivity contribution in [3.05, 3.63) is 23.9 Å². The normalized spacial score (nSPS) is 26.4. The Labute approximate surface area is 138 Å². The van der Waals surface area contributed by atoms with E-state index in [1.165, 1.54) is 5.56 Å². The number of hydrogen-bond acceptors (Lipinski definition) is 4. The number of aromatic nitrogens is 1. The Balaban J connectivity index is 1.56. The molecule has 1 aromatic rings. The fourth-order valence-electron chi connectivity index (χ4n) is 3.77. The van der Waals surface area contributed by atoms with Gasteiger partial charge in [-0.2, -0.15) is 0 Å². The number of carbonyl (C=O) groups excluding carboxylic acids is 1. The number of pyridine rings is 1. The maximum absolute atomic E-state index is 12.8. The van der Waals surface area contributed by atoms with E-state index < -0.39 is 0 Å². The van der Waals surface area contributed by atoms with E-state index in [1.54, 1.807) is 0 Å². The first-order valence-corrected chi connectivity index (χ1v) is 8.78. The lowest BCUT2D eigenvalue weighted by molar-refractivity contribution is -0.139. The molecule has 2 aliphatic rings. The van der Waals surface area contributed by atoms with Gasteiger partial charge in [-0.05, 0) is 51.2 Å². The first kappa shape index (κ1) is 16.2. The SMILES string of the molecule is Cc1ccc(N2CCC(C(=O)N3CC[C@H](N)C[C@H]3C)CC2)nc1. The Morgan fingerprint density at radius 1 is 1.22 bits per heavy atom. The molecule has 5 heteroatoms. The summed E-state index contributed by atoms with van der Waals surface area (Å²) in [5.74, 6) is 1.52. The molecule has 2 saturated heterocycles. The predicted octanol–water partition coefficient (Wildman–Crippen LogP) is 1.94.